The number of hydrogen-bond donors (Lipinski definition) is 1. The van der Waals surface area contributed by atoms with Crippen LogP contribution in [0.1, 0.15) is 18.4 Å². The Balaban J connectivity index is 1.79. The molecule has 88 valence electrons. The highest BCUT2D eigenvalue weighted by Crippen LogP contribution is 2.14. The van der Waals surface area contributed by atoms with Crippen LogP contribution in [0.25, 0.3) is 0 Å². The van der Waals surface area contributed by atoms with Gasteiger partial charge in [0.2, 0.25) is 0 Å². The summed E-state index contributed by atoms with van der Waals surface area (Å²) >= 11 is 0. The number of rotatable bonds is 4. The van der Waals surface area contributed by atoms with Gasteiger partial charge in [0.1, 0.15) is 5.75 Å². The molecule has 0 radical (unpaired) electrons. The molecule has 0 spiro atoms. The average Bonchev–Trinajstić information content (AvgIpc) is 2.38. The standard InChI is InChI=1S/C13H19NO2/c1-15-12-4-2-11(3-5-12)10-16-13-6-8-14-9-7-13/h2-5,13-14H,6-10H2,1H3. The van der Waals surface area contributed by atoms with Crippen molar-refractivity contribution in [3.05, 3.63) is 29.8 Å². The lowest BCUT2D eigenvalue weighted by Crippen LogP contribution is -2.32. The lowest BCUT2D eigenvalue weighted by molar-refractivity contribution is 0.0212. The molecule has 0 aromatic heterocycles. The quantitative estimate of drug-likeness (QED) is 0.843. The van der Waals surface area contributed by atoms with Crippen LogP contribution in [0, 0.1) is 0 Å². The molecule has 1 fully saturated rings. The van der Waals surface area contributed by atoms with Gasteiger partial charge in [-0.05, 0) is 43.6 Å². The molecule has 0 saturated carbocycles. The second-order valence-electron chi connectivity index (χ2n) is 4.11. The van der Waals surface area contributed by atoms with Crippen molar-refractivity contribution in [2.75, 3.05) is 20.2 Å². The molecular weight excluding hydrogens is 202 g/mol. The van der Waals surface area contributed by atoms with Gasteiger partial charge in [-0.25, -0.2) is 0 Å². The molecule has 1 aliphatic heterocycles. The van der Waals surface area contributed by atoms with E-state index in [-0.39, 0.29) is 0 Å². The maximum atomic E-state index is 5.86. The van der Waals surface area contributed by atoms with E-state index in [2.05, 4.69) is 17.4 Å². The molecule has 1 N–H and O–H groups in total. The minimum Gasteiger partial charge on any atom is -0.497 e. The normalized spacial score (nSPS) is 17.3. The summed E-state index contributed by atoms with van der Waals surface area (Å²) in [6.45, 7) is 2.86. The first-order valence-corrected chi connectivity index (χ1v) is 5.84. The third kappa shape index (κ3) is 3.22. The molecule has 0 atom stereocenters. The maximum Gasteiger partial charge on any atom is 0.118 e. The van der Waals surface area contributed by atoms with Gasteiger partial charge >= 0.3 is 0 Å². The van der Waals surface area contributed by atoms with Crippen LogP contribution < -0.4 is 10.1 Å². The highest BCUT2D eigenvalue weighted by molar-refractivity contribution is 5.26. The van der Waals surface area contributed by atoms with Crippen LogP contribution >= 0.6 is 0 Å². The smallest absolute Gasteiger partial charge is 0.118 e. The van der Waals surface area contributed by atoms with E-state index in [9.17, 15) is 0 Å². The minimum absolute atomic E-state index is 0.420. The van der Waals surface area contributed by atoms with E-state index < -0.39 is 0 Å². The van der Waals surface area contributed by atoms with Gasteiger partial charge in [-0.3, -0.25) is 0 Å². The number of hydrogen-bond acceptors (Lipinski definition) is 3. The first-order valence-electron chi connectivity index (χ1n) is 5.84. The molecule has 1 heterocycles. The third-order valence-electron chi connectivity index (χ3n) is 2.93. The molecule has 16 heavy (non-hydrogen) atoms. The second-order valence-corrected chi connectivity index (χ2v) is 4.11. The van der Waals surface area contributed by atoms with E-state index in [1.807, 2.05) is 12.1 Å². The topological polar surface area (TPSA) is 30.5 Å². The Morgan fingerprint density at radius 3 is 2.50 bits per heavy atom. The number of piperidine rings is 1. The Morgan fingerprint density at radius 1 is 1.19 bits per heavy atom. The zero-order valence-corrected chi connectivity index (χ0v) is 9.74. The molecule has 1 aromatic rings. The molecule has 0 amide bonds. The Labute approximate surface area is 96.8 Å². The fraction of sp³-hybridized carbons (Fsp3) is 0.538. The Hall–Kier alpha value is -1.06. The number of methoxy groups -OCH3 is 1. The highest BCUT2D eigenvalue weighted by atomic mass is 16.5. The fourth-order valence-corrected chi connectivity index (χ4v) is 1.90. The van der Waals surface area contributed by atoms with Crippen molar-refractivity contribution in [3.8, 4) is 5.75 Å². The van der Waals surface area contributed by atoms with Crippen molar-refractivity contribution < 1.29 is 9.47 Å². The minimum atomic E-state index is 0.420. The molecule has 0 unspecified atom stereocenters. The average molecular weight is 221 g/mol. The summed E-state index contributed by atoms with van der Waals surface area (Å²) in [6.07, 6.45) is 2.66. The molecule has 3 nitrogen and oxygen atoms in total. The molecule has 0 bridgehead atoms. The zero-order valence-electron chi connectivity index (χ0n) is 9.74. The van der Waals surface area contributed by atoms with Crippen LogP contribution in [0.2, 0.25) is 0 Å². The summed E-state index contributed by atoms with van der Waals surface area (Å²) in [5.41, 5.74) is 1.21. The summed E-state index contributed by atoms with van der Waals surface area (Å²) in [7, 11) is 1.68. The van der Waals surface area contributed by atoms with Crippen LogP contribution in [0.4, 0.5) is 0 Å². The monoisotopic (exact) mass is 221 g/mol. The van der Waals surface area contributed by atoms with Gasteiger partial charge in [0.05, 0.1) is 19.8 Å². The van der Waals surface area contributed by atoms with E-state index in [4.69, 9.17) is 9.47 Å². The highest BCUT2D eigenvalue weighted by Gasteiger charge is 2.12. The van der Waals surface area contributed by atoms with Gasteiger partial charge in [-0.1, -0.05) is 12.1 Å². The first-order chi connectivity index (χ1) is 7.88. The van der Waals surface area contributed by atoms with Gasteiger partial charge in [0.25, 0.3) is 0 Å². The Kier molecular flexibility index (Phi) is 4.19. The van der Waals surface area contributed by atoms with Crippen LogP contribution in [-0.4, -0.2) is 26.3 Å². The first kappa shape index (κ1) is 11.4. The Bertz CT molecular complexity index is 304. The molecule has 1 saturated heterocycles. The maximum absolute atomic E-state index is 5.86. The summed E-state index contributed by atoms with van der Waals surface area (Å²) in [4.78, 5) is 0. The molecular formula is C13H19NO2. The predicted octanol–water partition coefficient (Wildman–Crippen LogP) is 1.96. The van der Waals surface area contributed by atoms with Gasteiger partial charge in [-0.2, -0.15) is 0 Å². The molecule has 1 aromatic carbocycles. The van der Waals surface area contributed by atoms with E-state index >= 15 is 0 Å². The van der Waals surface area contributed by atoms with Crippen molar-refractivity contribution in [2.45, 2.75) is 25.6 Å². The van der Waals surface area contributed by atoms with E-state index in [0.717, 1.165) is 31.7 Å². The van der Waals surface area contributed by atoms with E-state index in [0.29, 0.717) is 12.7 Å². The fourth-order valence-electron chi connectivity index (χ4n) is 1.90. The lowest BCUT2D eigenvalue weighted by atomic mass is 10.1. The summed E-state index contributed by atoms with van der Waals surface area (Å²) in [5.74, 6) is 0.894. The van der Waals surface area contributed by atoms with Gasteiger partial charge < -0.3 is 14.8 Å². The van der Waals surface area contributed by atoms with Crippen molar-refractivity contribution in [1.29, 1.82) is 0 Å². The summed E-state index contributed by atoms with van der Waals surface area (Å²) in [5, 5.41) is 3.33. The van der Waals surface area contributed by atoms with Crippen LogP contribution in [-0.2, 0) is 11.3 Å². The van der Waals surface area contributed by atoms with Crippen molar-refractivity contribution in [3.63, 3.8) is 0 Å². The van der Waals surface area contributed by atoms with Gasteiger partial charge in [0, 0.05) is 0 Å². The number of ether oxygens (including phenoxy) is 2. The number of nitrogens with one attached hydrogen (secondary N) is 1. The molecule has 2 rings (SSSR count). The van der Waals surface area contributed by atoms with Crippen LogP contribution in [0.5, 0.6) is 5.75 Å². The summed E-state index contributed by atoms with van der Waals surface area (Å²) in [6, 6.07) is 8.06. The van der Waals surface area contributed by atoms with Gasteiger partial charge in [0.15, 0.2) is 0 Å². The largest absolute Gasteiger partial charge is 0.497 e. The van der Waals surface area contributed by atoms with E-state index in [1.54, 1.807) is 7.11 Å². The lowest BCUT2D eigenvalue weighted by Gasteiger charge is -2.22. The predicted molar refractivity (Wildman–Crippen MR) is 63.7 cm³/mol. The number of benzene rings is 1. The van der Waals surface area contributed by atoms with Crippen molar-refractivity contribution in [2.24, 2.45) is 0 Å². The zero-order chi connectivity index (χ0) is 11.2. The SMILES string of the molecule is COc1ccc(COC2CCNCC2)cc1. The van der Waals surface area contributed by atoms with E-state index in [1.165, 1.54) is 5.56 Å². The molecule has 1 aliphatic rings. The molecule has 0 aliphatic carbocycles. The van der Waals surface area contributed by atoms with Crippen LogP contribution in [0.15, 0.2) is 24.3 Å². The second kappa shape index (κ2) is 5.87. The Morgan fingerprint density at radius 2 is 1.88 bits per heavy atom. The van der Waals surface area contributed by atoms with Crippen molar-refractivity contribution >= 4 is 0 Å². The van der Waals surface area contributed by atoms with Gasteiger partial charge in [-0.15, -0.1) is 0 Å². The van der Waals surface area contributed by atoms with Crippen molar-refractivity contribution in [1.82, 2.24) is 5.32 Å². The van der Waals surface area contributed by atoms with Crippen LogP contribution in [0.3, 0.4) is 0 Å². The summed E-state index contributed by atoms with van der Waals surface area (Å²) < 4.78 is 11.0. The molecule has 3 heteroatoms. The third-order valence-corrected chi connectivity index (χ3v) is 2.93.